The number of rotatable bonds is 14. The number of nitrogens with zero attached hydrogens (tertiary/aromatic N) is 2. The quantitative estimate of drug-likeness (QED) is 0.221. The number of hydrogen-bond acceptors (Lipinski definition) is 5. The van der Waals surface area contributed by atoms with Crippen molar-refractivity contribution in [2.45, 2.75) is 51.6 Å². The topological polar surface area (TPSA) is 96.0 Å². The molecule has 0 aromatic heterocycles. The van der Waals surface area contributed by atoms with Crippen molar-refractivity contribution < 1.29 is 27.1 Å². The van der Waals surface area contributed by atoms with Crippen LogP contribution in [0.5, 0.6) is 5.75 Å². The summed E-state index contributed by atoms with van der Waals surface area (Å²) in [7, 11) is -4.34. The molecule has 0 bridgehead atoms. The summed E-state index contributed by atoms with van der Waals surface area (Å²) in [4.78, 5) is 28.6. The van der Waals surface area contributed by atoms with Crippen LogP contribution in [0.3, 0.4) is 0 Å². The Morgan fingerprint density at radius 3 is 2.09 bits per heavy atom. The van der Waals surface area contributed by atoms with E-state index in [0.29, 0.717) is 34.5 Å². The zero-order chi connectivity index (χ0) is 31.7. The zero-order valence-electron chi connectivity index (χ0n) is 24.5. The average molecular weight is 653 g/mol. The Kier molecular flexibility index (Phi) is 12.2. The van der Waals surface area contributed by atoms with Gasteiger partial charge in [0, 0.05) is 28.7 Å². The van der Waals surface area contributed by atoms with Gasteiger partial charge in [-0.3, -0.25) is 13.9 Å². The van der Waals surface area contributed by atoms with Crippen LogP contribution in [-0.4, -0.2) is 50.9 Å². The summed E-state index contributed by atoms with van der Waals surface area (Å²) in [6.07, 6.45) is 0.236. The van der Waals surface area contributed by atoms with Crippen LogP contribution < -0.4 is 14.4 Å². The van der Waals surface area contributed by atoms with E-state index in [-0.39, 0.29) is 29.5 Å². The first kappa shape index (κ1) is 34.2. The van der Waals surface area contributed by atoms with E-state index in [1.54, 1.807) is 32.0 Å². The van der Waals surface area contributed by atoms with Crippen molar-refractivity contribution in [1.82, 2.24) is 10.2 Å². The third-order valence-corrected chi connectivity index (χ3v) is 9.07. The second-order valence-corrected chi connectivity index (χ2v) is 12.9. The monoisotopic (exact) mass is 651 g/mol. The van der Waals surface area contributed by atoms with Gasteiger partial charge in [0.15, 0.2) is 0 Å². The Bertz CT molecular complexity index is 1480. The molecule has 3 aromatic carbocycles. The van der Waals surface area contributed by atoms with Gasteiger partial charge in [0.1, 0.15) is 24.2 Å². The summed E-state index contributed by atoms with van der Waals surface area (Å²) in [5.74, 6) is -1.00. The first-order valence-corrected chi connectivity index (χ1v) is 16.1. The van der Waals surface area contributed by atoms with Crippen molar-refractivity contribution in [2.24, 2.45) is 5.92 Å². The summed E-state index contributed by atoms with van der Waals surface area (Å²) in [5, 5.41) is 3.45. The van der Waals surface area contributed by atoms with Gasteiger partial charge >= 0.3 is 0 Å². The van der Waals surface area contributed by atoms with E-state index in [2.05, 4.69) is 5.32 Å². The number of carbonyl (C=O) groups is 2. The van der Waals surface area contributed by atoms with E-state index in [1.807, 2.05) is 13.8 Å². The highest BCUT2D eigenvalue weighted by atomic mass is 35.5. The molecule has 0 radical (unpaired) electrons. The first-order chi connectivity index (χ1) is 20.4. The molecule has 232 valence electrons. The summed E-state index contributed by atoms with van der Waals surface area (Å²) in [6.45, 7) is 7.40. The Morgan fingerprint density at radius 1 is 0.953 bits per heavy atom. The second kappa shape index (κ2) is 15.4. The van der Waals surface area contributed by atoms with Crippen LogP contribution in [0.2, 0.25) is 10.0 Å². The second-order valence-electron chi connectivity index (χ2n) is 10.2. The molecular formula is C31H36Cl2FN3O5S. The molecule has 0 spiro atoms. The van der Waals surface area contributed by atoms with Gasteiger partial charge in [-0.25, -0.2) is 12.8 Å². The lowest BCUT2D eigenvalue weighted by Crippen LogP contribution is -2.52. The third-order valence-electron chi connectivity index (χ3n) is 6.58. The molecule has 0 fully saturated rings. The minimum Gasteiger partial charge on any atom is -0.494 e. The molecule has 0 aliphatic carbocycles. The van der Waals surface area contributed by atoms with Gasteiger partial charge in [-0.1, -0.05) is 50.0 Å². The number of halogens is 3. The number of benzene rings is 3. The molecule has 8 nitrogen and oxygen atoms in total. The predicted molar refractivity (Wildman–Crippen MR) is 167 cm³/mol. The van der Waals surface area contributed by atoms with Crippen LogP contribution in [0.4, 0.5) is 10.1 Å². The van der Waals surface area contributed by atoms with Gasteiger partial charge in [-0.15, -0.1) is 0 Å². The van der Waals surface area contributed by atoms with Crippen molar-refractivity contribution in [3.8, 4) is 5.75 Å². The molecule has 43 heavy (non-hydrogen) atoms. The maximum atomic E-state index is 14.1. The molecular weight excluding hydrogens is 616 g/mol. The molecule has 0 unspecified atom stereocenters. The maximum Gasteiger partial charge on any atom is 0.264 e. The van der Waals surface area contributed by atoms with Crippen LogP contribution >= 0.6 is 23.2 Å². The minimum absolute atomic E-state index is 0.0664. The van der Waals surface area contributed by atoms with Crippen LogP contribution in [0.25, 0.3) is 0 Å². The third kappa shape index (κ3) is 8.84. The van der Waals surface area contributed by atoms with Crippen molar-refractivity contribution in [2.75, 3.05) is 24.0 Å². The molecule has 3 aromatic rings. The van der Waals surface area contributed by atoms with E-state index >= 15 is 0 Å². The van der Waals surface area contributed by atoms with Crippen molar-refractivity contribution in [1.29, 1.82) is 0 Å². The fourth-order valence-corrected chi connectivity index (χ4v) is 6.26. The Morgan fingerprint density at radius 2 is 1.56 bits per heavy atom. The standard InChI is InChI=1S/C31H36Cl2FN3O5S/c1-5-29(31(39)35-18-21(3)4)36(19-26-27(32)8-7-9-28(26)33)30(38)20-37(23-12-10-22(34)11-13-23)43(40,41)25-16-14-24(15-17-25)42-6-2/h7-17,21,29H,5-6,18-20H2,1-4H3,(H,35,39)/t29-/m0/s1. The molecule has 0 aliphatic rings. The van der Waals surface area contributed by atoms with Crippen LogP contribution in [0.15, 0.2) is 71.6 Å². The lowest BCUT2D eigenvalue weighted by atomic mass is 10.1. The summed E-state index contributed by atoms with van der Waals surface area (Å²) < 4.78 is 48.1. The van der Waals surface area contributed by atoms with E-state index in [4.69, 9.17) is 27.9 Å². The Hall–Kier alpha value is -3.34. The molecule has 0 saturated carbocycles. The van der Waals surface area contributed by atoms with Crippen LogP contribution in [-0.2, 0) is 26.2 Å². The fourth-order valence-electron chi connectivity index (χ4n) is 4.33. The van der Waals surface area contributed by atoms with E-state index in [0.717, 1.165) is 16.4 Å². The number of amides is 2. The molecule has 12 heteroatoms. The Labute approximate surface area is 262 Å². The van der Waals surface area contributed by atoms with Gasteiger partial charge in [0.25, 0.3) is 10.0 Å². The molecule has 1 N–H and O–H groups in total. The highest BCUT2D eigenvalue weighted by molar-refractivity contribution is 7.92. The fraction of sp³-hybridized carbons (Fsp3) is 0.355. The van der Waals surface area contributed by atoms with E-state index in [1.165, 1.54) is 41.3 Å². The van der Waals surface area contributed by atoms with Gasteiger partial charge < -0.3 is 15.0 Å². The van der Waals surface area contributed by atoms with Crippen molar-refractivity contribution in [3.05, 3.63) is 88.2 Å². The highest BCUT2D eigenvalue weighted by Crippen LogP contribution is 2.29. The SMILES string of the molecule is CCOc1ccc(S(=O)(=O)N(CC(=O)N(Cc2c(Cl)cccc2Cl)[C@@H](CC)C(=O)NCC(C)C)c2ccc(F)cc2)cc1. The predicted octanol–water partition coefficient (Wildman–Crippen LogP) is 6.31. The molecule has 2 amide bonds. The van der Waals surface area contributed by atoms with Gasteiger partial charge in [0.05, 0.1) is 17.2 Å². The lowest BCUT2D eigenvalue weighted by Gasteiger charge is -2.33. The van der Waals surface area contributed by atoms with Gasteiger partial charge in [-0.2, -0.15) is 0 Å². The summed E-state index contributed by atoms with van der Waals surface area (Å²) >= 11 is 12.9. The number of hydrogen-bond donors (Lipinski definition) is 1. The summed E-state index contributed by atoms with van der Waals surface area (Å²) in [5.41, 5.74) is 0.480. The molecule has 3 rings (SSSR count). The number of ether oxygens (including phenoxy) is 1. The molecule has 1 atom stereocenters. The van der Waals surface area contributed by atoms with Crippen molar-refractivity contribution in [3.63, 3.8) is 0 Å². The van der Waals surface area contributed by atoms with E-state index < -0.39 is 40.2 Å². The van der Waals surface area contributed by atoms with Gasteiger partial charge in [-0.05, 0) is 79.9 Å². The summed E-state index contributed by atoms with van der Waals surface area (Å²) in [6, 6.07) is 14.5. The van der Waals surface area contributed by atoms with Crippen LogP contribution in [0, 0.1) is 11.7 Å². The average Bonchev–Trinajstić information content (AvgIpc) is 2.97. The first-order valence-electron chi connectivity index (χ1n) is 13.9. The minimum atomic E-state index is -4.34. The number of anilines is 1. The smallest absolute Gasteiger partial charge is 0.264 e. The lowest BCUT2D eigenvalue weighted by molar-refractivity contribution is -0.140. The van der Waals surface area contributed by atoms with Gasteiger partial charge in [0.2, 0.25) is 11.8 Å². The molecule has 0 saturated heterocycles. The largest absolute Gasteiger partial charge is 0.494 e. The number of nitrogens with one attached hydrogen (secondary N) is 1. The van der Waals surface area contributed by atoms with E-state index in [9.17, 15) is 22.4 Å². The van der Waals surface area contributed by atoms with Crippen LogP contribution in [0.1, 0.15) is 39.7 Å². The maximum absolute atomic E-state index is 14.1. The number of sulfonamides is 1. The highest BCUT2D eigenvalue weighted by Gasteiger charge is 2.34. The molecule has 0 heterocycles. The number of carbonyl (C=O) groups excluding carboxylic acids is 2. The Balaban J connectivity index is 2.07. The van der Waals surface area contributed by atoms with Crippen molar-refractivity contribution >= 4 is 50.7 Å². The normalized spacial score (nSPS) is 12.1. The molecule has 0 aliphatic heterocycles. The zero-order valence-corrected chi connectivity index (χ0v) is 26.8.